The molecule has 0 aliphatic heterocycles. The Morgan fingerprint density at radius 1 is 1.12 bits per heavy atom. The molecule has 120 valence electrons. The zero-order chi connectivity index (χ0) is 16.9. The number of H-pyrrole nitrogens is 1. The lowest BCUT2D eigenvalue weighted by Crippen LogP contribution is -2.32. The number of aromatic amines is 1. The molecule has 0 unspecified atom stereocenters. The maximum absolute atomic E-state index is 12.4. The molecule has 1 heterocycles. The minimum atomic E-state index is -0.598. The average Bonchev–Trinajstić information content (AvgIpc) is 2.60. The third-order valence-electron chi connectivity index (χ3n) is 3.37. The van der Waals surface area contributed by atoms with Gasteiger partial charge in [0.2, 0.25) is 0 Å². The summed E-state index contributed by atoms with van der Waals surface area (Å²) in [4.78, 5) is 27.1. The summed E-state index contributed by atoms with van der Waals surface area (Å²) in [5, 5.41) is 4.42. The van der Waals surface area contributed by atoms with E-state index < -0.39 is 11.2 Å². The van der Waals surface area contributed by atoms with Crippen LogP contribution in [0.15, 0.2) is 75.9 Å². The van der Waals surface area contributed by atoms with Gasteiger partial charge in [0, 0.05) is 5.56 Å². The molecule has 1 aromatic heterocycles. The molecule has 0 atom stereocenters. The summed E-state index contributed by atoms with van der Waals surface area (Å²) in [6, 6.07) is 14.0. The summed E-state index contributed by atoms with van der Waals surface area (Å²) < 4.78 is 6.32. The molecule has 0 amide bonds. The van der Waals surface area contributed by atoms with E-state index in [0.717, 1.165) is 4.68 Å². The van der Waals surface area contributed by atoms with E-state index in [2.05, 4.69) is 16.7 Å². The summed E-state index contributed by atoms with van der Waals surface area (Å²) >= 11 is 0. The molecule has 0 spiro atoms. The van der Waals surface area contributed by atoms with E-state index in [4.69, 9.17) is 4.74 Å². The van der Waals surface area contributed by atoms with Crippen molar-refractivity contribution >= 4 is 17.1 Å². The van der Waals surface area contributed by atoms with Gasteiger partial charge in [-0.1, -0.05) is 36.9 Å². The average molecular weight is 321 g/mol. The molecule has 0 fully saturated rings. The van der Waals surface area contributed by atoms with Crippen LogP contribution in [0.2, 0.25) is 0 Å². The van der Waals surface area contributed by atoms with Gasteiger partial charge in [-0.25, -0.2) is 4.79 Å². The lowest BCUT2D eigenvalue weighted by molar-refractivity contribution is 0.362. The minimum absolute atomic E-state index is 0.349. The molecule has 6 nitrogen and oxygen atoms in total. The van der Waals surface area contributed by atoms with Crippen molar-refractivity contribution in [2.75, 3.05) is 6.61 Å². The van der Waals surface area contributed by atoms with Crippen molar-refractivity contribution in [1.29, 1.82) is 0 Å². The highest BCUT2D eigenvalue weighted by molar-refractivity contribution is 5.83. The summed E-state index contributed by atoms with van der Waals surface area (Å²) in [7, 11) is 0. The number of nitrogens with one attached hydrogen (secondary N) is 1. The Morgan fingerprint density at radius 2 is 1.88 bits per heavy atom. The Morgan fingerprint density at radius 3 is 2.71 bits per heavy atom. The van der Waals surface area contributed by atoms with Crippen molar-refractivity contribution in [3.63, 3.8) is 0 Å². The summed E-state index contributed by atoms with van der Waals surface area (Å²) in [5.41, 5.74) is 0.0574. The molecule has 6 heteroatoms. The Balaban J connectivity index is 2.05. The number of hydrogen-bond acceptors (Lipinski definition) is 4. The predicted molar refractivity (Wildman–Crippen MR) is 94.0 cm³/mol. The maximum Gasteiger partial charge on any atom is 0.349 e. The fourth-order valence-electron chi connectivity index (χ4n) is 2.25. The number of ether oxygens (including phenoxy) is 1. The topological polar surface area (TPSA) is 76.5 Å². The Hall–Kier alpha value is -3.41. The van der Waals surface area contributed by atoms with Crippen LogP contribution in [-0.2, 0) is 0 Å². The second-order valence-electron chi connectivity index (χ2n) is 4.97. The Kier molecular flexibility index (Phi) is 4.38. The van der Waals surface area contributed by atoms with Crippen molar-refractivity contribution in [2.24, 2.45) is 5.10 Å². The normalized spacial score (nSPS) is 11.0. The molecule has 1 N–H and O–H groups in total. The quantitative estimate of drug-likeness (QED) is 0.578. The third-order valence-corrected chi connectivity index (χ3v) is 3.37. The van der Waals surface area contributed by atoms with Gasteiger partial charge < -0.3 is 9.72 Å². The van der Waals surface area contributed by atoms with Crippen LogP contribution >= 0.6 is 0 Å². The van der Waals surface area contributed by atoms with Crippen molar-refractivity contribution in [3.05, 3.63) is 87.6 Å². The zero-order valence-corrected chi connectivity index (χ0v) is 12.8. The van der Waals surface area contributed by atoms with E-state index in [9.17, 15) is 9.59 Å². The first-order valence-electron chi connectivity index (χ1n) is 7.32. The lowest BCUT2D eigenvalue weighted by atomic mass is 10.2. The van der Waals surface area contributed by atoms with E-state index in [1.54, 1.807) is 42.5 Å². The van der Waals surface area contributed by atoms with Gasteiger partial charge in [0.05, 0.1) is 17.1 Å². The molecule has 24 heavy (non-hydrogen) atoms. The van der Waals surface area contributed by atoms with Crippen LogP contribution < -0.4 is 16.0 Å². The molecule has 0 saturated carbocycles. The largest absolute Gasteiger partial charge is 0.489 e. The lowest BCUT2D eigenvalue weighted by Gasteiger charge is -2.06. The number of nitrogens with zero attached hydrogens (tertiary/aromatic N) is 2. The van der Waals surface area contributed by atoms with Gasteiger partial charge in [0.25, 0.3) is 5.56 Å². The smallest absolute Gasteiger partial charge is 0.349 e. The standard InChI is InChI=1S/C18H15N3O3/c1-2-11-24-16-10-6-3-7-13(16)12-19-21-17(22)14-8-4-5-9-15(14)20-18(21)23/h2-10,12H,1,11H2,(H,20,23). The summed E-state index contributed by atoms with van der Waals surface area (Å²) in [6.07, 6.45) is 3.05. The van der Waals surface area contributed by atoms with Crippen LogP contribution in [0.3, 0.4) is 0 Å². The van der Waals surface area contributed by atoms with E-state index >= 15 is 0 Å². The van der Waals surface area contributed by atoms with E-state index in [-0.39, 0.29) is 0 Å². The molecule has 0 bridgehead atoms. The van der Waals surface area contributed by atoms with Crippen LogP contribution in [-0.4, -0.2) is 22.5 Å². The summed E-state index contributed by atoms with van der Waals surface area (Å²) in [6.45, 7) is 3.95. The van der Waals surface area contributed by atoms with Gasteiger partial charge in [-0.3, -0.25) is 4.79 Å². The molecule has 3 rings (SSSR count). The highest BCUT2D eigenvalue weighted by Gasteiger charge is 2.06. The predicted octanol–water partition coefficient (Wildman–Crippen LogP) is 2.14. The molecule has 0 saturated heterocycles. The molecule has 0 aliphatic rings. The number of aromatic nitrogens is 2. The second kappa shape index (κ2) is 6.78. The van der Waals surface area contributed by atoms with E-state index in [1.165, 1.54) is 6.21 Å². The first kappa shape index (κ1) is 15.5. The van der Waals surface area contributed by atoms with Crippen LogP contribution in [0.1, 0.15) is 5.56 Å². The van der Waals surface area contributed by atoms with Crippen LogP contribution in [0.5, 0.6) is 5.75 Å². The molecule has 3 aromatic rings. The highest BCUT2D eigenvalue weighted by atomic mass is 16.5. The minimum Gasteiger partial charge on any atom is -0.489 e. The summed E-state index contributed by atoms with van der Waals surface area (Å²) in [5.74, 6) is 0.589. The van der Waals surface area contributed by atoms with Crippen LogP contribution in [0, 0.1) is 0 Å². The van der Waals surface area contributed by atoms with Crippen molar-refractivity contribution < 1.29 is 4.74 Å². The van der Waals surface area contributed by atoms with Gasteiger partial charge in [-0.05, 0) is 24.3 Å². The molecule has 0 radical (unpaired) electrons. The van der Waals surface area contributed by atoms with Gasteiger partial charge >= 0.3 is 5.69 Å². The molecular formula is C18H15N3O3. The van der Waals surface area contributed by atoms with Gasteiger partial charge in [-0.15, -0.1) is 4.68 Å². The second-order valence-corrected chi connectivity index (χ2v) is 4.97. The van der Waals surface area contributed by atoms with Crippen LogP contribution in [0.25, 0.3) is 10.9 Å². The number of rotatable bonds is 5. The van der Waals surface area contributed by atoms with Crippen molar-refractivity contribution in [1.82, 2.24) is 9.66 Å². The van der Waals surface area contributed by atoms with Gasteiger partial charge in [-0.2, -0.15) is 5.10 Å². The van der Waals surface area contributed by atoms with Crippen LogP contribution in [0.4, 0.5) is 0 Å². The fraction of sp³-hybridized carbons (Fsp3) is 0.0556. The monoisotopic (exact) mass is 321 g/mol. The zero-order valence-electron chi connectivity index (χ0n) is 12.8. The van der Waals surface area contributed by atoms with Crippen molar-refractivity contribution in [2.45, 2.75) is 0 Å². The molecular weight excluding hydrogens is 306 g/mol. The highest BCUT2D eigenvalue weighted by Crippen LogP contribution is 2.15. The van der Waals surface area contributed by atoms with E-state index in [1.807, 2.05) is 12.1 Å². The van der Waals surface area contributed by atoms with Crippen molar-refractivity contribution in [3.8, 4) is 5.75 Å². The van der Waals surface area contributed by atoms with Gasteiger partial charge in [0.1, 0.15) is 12.4 Å². The Labute approximate surface area is 137 Å². The number of fused-ring (bicyclic) bond motifs is 1. The first-order chi connectivity index (χ1) is 11.7. The van der Waals surface area contributed by atoms with Gasteiger partial charge in [0.15, 0.2) is 0 Å². The fourth-order valence-corrected chi connectivity index (χ4v) is 2.25. The first-order valence-corrected chi connectivity index (χ1v) is 7.32. The molecule has 0 aliphatic carbocycles. The SMILES string of the molecule is C=CCOc1ccccc1C=Nn1c(=O)[nH]c2ccccc2c1=O. The Bertz CT molecular complexity index is 1030. The molecule has 2 aromatic carbocycles. The third kappa shape index (κ3) is 3.03. The number of para-hydroxylation sites is 2. The van der Waals surface area contributed by atoms with E-state index in [0.29, 0.717) is 28.8 Å². The number of hydrogen-bond donors (Lipinski definition) is 1. The maximum atomic E-state index is 12.4. The number of benzene rings is 2.